The summed E-state index contributed by atoms with van der Waals surface area (Å²) in [6.07, 6.45) is 3.87. The molecule has 0 bridgehead atoms. The van der Waals surface area contributed by atoms with Crippen LogP contribution in [0.25, 0.3) is 0 Å². The van der Waals surface area contributed by atoms with Gasteiger partial charge in [-0.25, -0.2) is 0 Å². The van der Waals surface area contributed by atoms with Gasteiger partial charge in [0.05, 0.1) is 12.7 Å². The van der Waals surface area contributed by atoms with Gasteiger partial charge in [-0.05, 0) is 32.8 Å². The Labute approximate surface area is 96.2 Å². The highest BCUT2D eigenvalue weighted by atomic mass is 16.6. The molecule has 0 unspecified atom stereocenters. The summed E-state index contributed by atoms with van der Waals surface area (Å²) in [5.41, 5.74) is 0.855. The Morgan fingerprint density at radius 3 is 2.75 bits per heavy atom. The minimum Gasteiger partial charge on any atom is -0.462 e. The summed E-state index contributed by atoms with van der Waals surface area (Å²) < 4.78 is 10.2. The molecule has 0 amide bonds. The average molecular weight is 228 g/mol. The van der Waals surface area contributed by atoms with E-state index in [1.165, 1.54) is 12.5 Å². The predicted molar refractivity (Wildman–Crippen MR) is 60.0 cm³/mol. The fourth-order valence-electron chi connectivity index (χ4n) is 1.56. The lowest BCUT2D eigenvalue weighted by Gasteiger charge is -2.02. The Morgan fingerprint density at radius 1 is 1.56 bits per heavy atom. The molecule has 1 aliphatic heterocycles. The molecule has 0 aromatic carbocycles. The lowest BCUT2D eigenvalue weighted by atomic mass is 10.0. The molecule has 0 radical (unpaired) electrons. The first kappa shape index (κ1) is 13.2. The zero-order valence-electron chi connectivity index (χ0n) is 10.2. The number of aliphatic hydroxyl groups is 1. The van der Waals surface area contributed by atoms with Crippen molar-refractivity contribution in [3.05, 3.63) is 11.6 Å². The number of allylic oxidation sites excluding steroid dienone is 1. The van der Waals surface area contributed by atoms with Gasteiger partial charge in [0.1, 0.15) is 12.2 Å². The normalized spacial score (nSPS) is 29.0. The van der Waals surface area contributed by atoms with Gasteiger partial charge in [-0.1, -0.05) is 5.57 Å². The van der Waals surface area contributed by atoms with Crippen molar-refractivity contribution in [2.24, 2.45) is 0 Å². The fraction of sp³-hybridized carbons (Fsp3) is 0.750. The van der Waals surface area contributed by atoms with Gasteiger partial charge < -0.3 is 14.6 Å². The molecule has 92 valence electrons. The van der Waals surface area contributed by atoms with E-state index >= 15 is 0 Å². The van der Waals surface area contributed by atoms with Gasteiger partial charge in [-0.15, -0.1) is 0 Å². The highest BCUT2D eigenvalue weighted by Gasteiger charge is 2.50. The second kappa shape index (κ2) is 5.46. The summed E-state index contributed by atoms with van der Waals surface area (Å²) in [5.74, 6) is -0.262. The lowest BCUT2D eigenvalue weighted by molar-refractivity contribution is -0.139. The number of aliphatic hydroxyl groups excluding tert-OH is 1. The third-order valence-corrected chi connectivity index (χ3v) is 2.87. The molecule has 1 fully saturated rings. The van der Waals surface area contributed by atoms with Crippen LogP contribution in [0.2, 0.25) is 0 Å². The molecule has 16 heavy (non-hydrogen) atoms. The maximum Gasteiger partial charge on any atom is 0.302 e. The molecular weight excluding hydrogens is 208 g/mol. The van der Waals surface area contributed by atoms with Gasteiger partial charge >= 0.3 is 5.97 Å². The third-order valence-electron chi connectivity index (χ3n) is 2.87. The van der Waals surface area contributed by atoms with Gasteiger partial charge in [0.25, 0.3) is 0 Å². The van der Waals surface area contributed by atoms with E-state index in [4.69, 9.17) is 14.6 Å². The van der Waals surface area contributed by atoms with Crippen LogP contribution in [-0.2, 0) is 14.3 Å². The maximum atomic E-state index is 10.5. The number of rotatable bonds is 6. The van der Waals surface area contributed by atoms with Crippen LogP contribution in [0.1, 0.15) is 33.6 Å². The summed E-state index contributed by atoms with van der Waals surface area (Å²) in [7, 11) is 0. The van der Waals surface area contributed by atoms with Gasteiger partial charge in [0.2, 0.25) is 0 Å². The van der Waals surface area contributed by atoms with Crippen LogP contribution in [0.5, 0.6) is 0 Å². The molecule has 0 aromatic heterocycles. The van der Waals surface area contributed by atoms with Crippen LogP contribution < -0.4 is 0 Å². The van der Waals surface area contributed by atoms with E-state index in [1.54, 1.807) is 0 Å². The molecule has 4 heteroatoms. The van der Waals surface area contributed by atoms with Crippen molar-refractivity contribution in [3.63, 3.8) is 0 Å². The predicted octanol–water partition coefficient (Wildman–Crippen LogP) is 1.43. The van der Waals surface area contributed by atoms with Crippen LogP contribution in [0.15, 0.2) is 11.6 Å². The third kappa shape index (κ3) is 3.94. The first-order chi connectivity index (χ1) is 7.48. The molecule has 1 saturated heterocycles. The number of carbonyl (C=O) groups excluding carboxylic acids is 1. The molecule has 1 heterocycles. The number of hydrogen-bond donors (Lipinski definition) is 1. The first-order valence-corrected chi connectivity index (χ1v) is 5.55. The van der Waals surface area contributed by atoms with Crippen LogP contribution in [-0.4, -0.2) is 36.0 Å². The number of esters is 1. The second-order valence-corrected chi connectivity index (χ2v) is 4.47. The minimum absolute atomic E-state index is 0.0773. The summed E-state index contributed by atoms with van der Waals surface area (Å²) in [6.45, 7) is 5.73. The summed E-state index contributed by atoms with van der Waals surface area (Å²) in [6, 6.07) is 0. The highest BCUT2D eigenvalue weighted by molar-refractivity contribution is 5.66. The quantitative estimate of drug-likeness (QED) is 0.424. The van der Waals surface area contributed by atoms with Crippen molar-refractivity contribution in [2.45, 2.75) is 45.3 Å². The van der Waals surface area contributed by atoms with Crippen LogP contribution in [0.4, 0.5) is 0 Å². The van der Waals surface area contributed by atoms with Crippen molar-refractivity contribution < 1.29 is 19.4 Å². The van der Waals surface area contributed by atoms with Crippen molar-refractivity contribution in [3.8, 4) is 0 Å². The average Bonchev–Trinajstić information content (AvgIpc) is 2.87. The Kier molecular flexibility index (Phi) is 4.50. The molecule has 1 aliphatic rings. The molecule has 0 spiro atoms. The van der Waals surface area contributed by atoms with Crippen LogP contribution in [0, 0.1) is 0 Å². The zero-order chi connectivity index (χ0) is 12.2. The maximum absolute atomic E-state index is 10.5. The van der Waals surface area contributed by atoms with E-state index in [-0.39, 0.29) is 24.3 Å². The van der Waals surface area contributed by atoms with E-state index < -0.39 is 0 Å². The SMILES string of the molecule is CC(=O)OC/C=C(\C)CC[C@H]1O[C@@]1(C)CO. The van der Waals surface area contributed by atoms with E-state index in [1.807, 2.05) is 19.9 Å². The van der Waals surface area contributed by atoms with E-state index in [9.17, 15) is 4.79 Å². The second-order valence-electron chi connectivity index (χ2n) is 4.47. The smallest absolute Gasteiger partial charge is 0.302 e. The molecule has 4 nitrogen and oxygen atoms in total. The Morgan fingerprint density at radius 2 is 2.25 bits per heavy atom. The van der Waals surface area contributed by atoms with Crippen molar-refractivity contribution in [1.29, 1.82) is 0 Å². The summed E-state index contributed by atoms with van der Waals surface area (Å²) >= 11 is 0. The number of hydrogen-bond acceptors (Lipinski definition) is 4. The van der Waals surface area contributed by atoms with Gasteiger partial charge in [0, 0.05) is 6.92 Å². The van der Waals surface area contributed by atoms with E-state index in [0.717, 1.165) is 12.8 Å². The fourth-order valence-corrected chi connectivity index (χ4v) is 1.56. The van der Waals surface area contributed by atoms with Crippen molar-refractivity contribution >= 4 is 5.97 Å². The number of epoxide rings is 1. The molecule has 2 atom stereocenters. The van der Waals surface area contributed by atoms with Crippen LogP contribution >= 0.6 is 0 Å². The molecule has 1 N–H and O–H groups in total. The molecule has 0 aromatic rings. The number of ether oxygens (including phenoxy) is 2. The van der Waals surface area contributed by atoms with E-state index in [2.05, 4.69) is 0 Å². The van der Waals surface area contributed by atoms with Gasteiger partial charge in [-0.3, -0.25) is 4.79 Å². The van der Waals surface area contributed by atoms with E-state index in [0.29, 0.717) is 6.61 Å². The lowest BCUT2D eigenvalue weighted by Crippen LogP contribution is -2.15. The molecule has 0 saturated carbocycles. The highest BCUT2D eigenvalue weighted by Crippen LogP contribution is 2.39. The molecule has 1 rings (SSSR count). The Bertz CT molecular complexity index is 285. The standard InChI is InChI=1S/C12H20O4/c1-9(6-7-15-10(2)14)4-5-11-12(3,8-13)16-11/h6,11,13H,4-5,7-8H2,1-3H3/b9-6+/t11-,12+/m1/s1. The largest absolute Gasteiger partial charge is 0.462 e. The van der Waals surface area contributed by atoms with Crippen LogP contribution in [0.3, 0.4) is 0 Å². The topological polar surface area (TPSA) is 59.1 Å². The summed E-state index contributed by atoms with van der Waals surface area (Å²) in [5, 5.41) is 9.01. The van der Waals surface area contributed by atoms with Crippen molar-refractivity contribution in [1.82, 2.24) is 0 Å². The molecule has 0 aliphatic carbocycles. The summed E-state index contributed by atoms with van der Waals surface area (Å²) in [4.78, 5) is 10.5. The van der Waals surface area contributed by atoms with Gasteiger partial charge in [-0.2, -0.15) is 0 Å². The monoisotopic (exact) mass is 228 g/mol. The minimum atomic E-state index is -0.323. The molecular formula is C12H20O4. The van der Waals surface area contributed by atoms with Crippen molar-refractivity contribution in [2.75, 3.05) is 13.2 Å². The number of carbonyl (C=O) groups is 1. The first-order valence-electron chi connectivity index (χ1n) is 5.55. The zero-order valence-corrected chi connectivity index (χ0v) is 10.2. The Hall–Kier alpha value is -0.870. The Balaban J connectivity index is 2.16. The van der Waals surface area contributed by atoms with Gasteiger partial charge in [0.15, 0.2) is 0 Å².